The van der Waals surface area contributed by atoms with E-state index >= 15 is 0 Å². The molecule has 0 aliphatic heterocycles. The molecule has 21 heavy (non-hydrogen) atoms. The highest BCUT2D eigenvalue weighted by atomic mass is 15.3. The quantitative estimate of drug-likeness (QED) is 0.282. The minimum atomic E-state index is 0.378. The predicted molar refractivity (Wildman–Crippen MR) is 93.8 cm³/mol. The summed E-state index contributed by atoms with van der Waals surface area (Å²) in [4.78, 5) is 0. The predicted octanol–water partition coefficient (Wildman–Crippen LogP) is 6.34. The number of likely N-dealkylation sites (N-methyl/N-ethyl adjacent to an activating group) is 1. The van der Waals surface area contributed by atoms with Gasteiger partial charge in [-0.1, -0.05) is 39.7 Å². The average Bonchev–Trinajstić information content (AvgIpc) is 2.38. The SMILES string of the molecule is CCCC(C)=C(CC)C(C)[N+](C)=NC(C)=C(C)CC(C)C. The molecule has 0 heterocycles. The summed E-state index contributed by atoms with van der Waals surface area (Å²) in [6.07, 6.45) is 4.65. The third-order valence-corrected chi connectivity index (χ3v) is 4.26. The summed E-state index contributed by atoms with van der Waals surface area (Å²) < 4.78 is 2.14. The molecule has 0 aromatic rings. The van der Waals surface area contributed by atoms with Crippen molar-refractivity contribution in [3.8, 4) is 0 Å². The molecule has 0 aromatic heterocycles. The van der Waals surface area contributed by atoms with E-state index < -0.39 is 0 Å². The summed E-state index contributed by atoms with van der Waals surface area (Å²) in [5, 5.41) is 4.82. The first-order valence-corrected chi connectivity index (χ1v) is 8.53. The van der Waals surface area contributed by atoms with Gasteiger partial charge in [0.25, 0.3) is 0 Å². The zero-order valence-electron chi connectivity index (χ0n) is 15.9. The van der Waals surface area contributed by atoms with Gasteiger partial charge >= 0.3 is 0 Å². The maximum absolute atomic E-state index is 4.82. The lowest BCUT2D eigenvalue weighted by molar-refractivity contribution is -0.588. The van der Waals surface area contributed by atoms with Crippen LogP contribution in [0.1, 0.15) is 81.1 Å². The van der Waals surface area contributed by atoms with Gasteiger partial charge in [-0.3, -0.25) is 0 Å². The molecule has 0 rings (SSSR count). The smallest absolute Gasteiger partial charge is 0.119 e. The van der Waals surface area contributed by atoms with Gasteiger partial charge in [0.2, 0.25) is 0 Å². The number of rotatable bonds is 8. The fourth-order valence-corrected chi connectivity index (χ4v) is 2.88. The van der Waals surface area contributed by atoms with E-state index in [-0.39, 0.29) is 0 Å². The third-order valence-electron chi connectivity index (χ3n) is 4.26. The summed E-state index contributed by atoms with van der Waals surface area (Å²) in [6, 6.07) is 0.378. The maximum Gasteiger partial charge on any atom is 0.196 e. The summed E-state index contributed by atoms with van der Waals surface area (Å²) in [5.41, 5.74) is 5.64. The van der Waals surface area contributed by atoms with Crippen LogP contribution in [0.25, 0.3) is 0 Å². The number of nitrogens with zero attached hydrogens (tertiary/aromatic N) is 2. The molecule has 1 atom stereocenters. The Morgan fingerprint density at radius 1 is 1.00 bits per heavy atom. The van der Waals surface area contributed by atoms with Crippen molar-refractivity contribution < 1.29 is 4.70 Å². The Hall–Kier alpha value is -0.920. The molecule has 0 saturated heterocycles. The molecule has 0 spiro atoms. The minimum Gasteiger partial charge on any atom is -0.119 e. The largest absolute Gasteiger partial charge is 0.196 e. The van der Waals surface area contributed by atoms with Gasteiger partial charge in [-0.25, -0.2) is 0 Å². The van der Waals surface area contributed by atoms with Crippen LogP contribution in [0.3, 0.4) is 0 Å². The first-order chi connectivity index (χ1) is 9.74. The summed E-state index contributed by atoms with van der Waals surface area (Å²) in [7, 11) is 2.10. The van der Waals surface area contributed by atoms with Crippen LogP contribution in [0.15, 0.2) is 27.5 Å². The van der Waals surface area contributed by atoms with Crippen molar-refractivity contribution in [3.05, 3.63) is 22.4 Å². The minimum absolute atomic E-state index is 0.378. The lowest BCUT2D eigenvalue weighted by atomic mass is 9.97. The second-order valence-corrected chi connectivity index (χ2v) is 6.72. The Morgan fingerprint density at radius 2 is 1.57 bits per heavy atom. The van der Waals surface area contributed by atoms with Crippen molar-refractivity contribution >= 4 is 0 Å². The molecule has 0 aliphatic rings. The van der Waals surface area contributed by atoms with Gasteiger partial charge in [-0.2, -0.15) is 0 Å². The van der Waals surface area contributed by atoms with Crippen molar-refractivity contribution in [1.82, 2.24) is 0 Å². The van der Waals surface area contributed by atoms with E-state index in [1.54, 1.807) is 0 Å². The van der Waals surface area contributed by atoms with Crippen LogP contribution in [-0.2, 0) is 0 Å². The molecular formula is C19H37N2+. The van der Waals surface area contributed by atoms with Gasteiger partial charge in [0.15, 0.2) is 13.1 Å². The Morgan fingerprint density at radius 3 is 2.00 bits per heavy atom. The van der Waals surface area contributed by atoms with E-state index in [4.69, 9.17) is 5.11 Å². The molecule has 122 valence electrons. The zero-order chi connectivity index (χ0) is 16.6. The molecule has 0 aromatic carbocycles. The van der Waals surface area contributed by atoms with Crippen LogP contribution in [0, 0.1) is 5.92 Å². The average molecular weight is 294 g/mol. The lowest BCUT2D eigenvalue weighted by Gasteiger charge is -2.14. The van der Waals surface area contributed by atoms with Gasteiger partial charge in [-0.15, -0.1) is 4.70 Å². The Labute approximate surface area is 133 Å². The fourth-order valence-electron chi connectivity index (χ4n) is 2.88. The lowest BCUT2D eigenvalue weighted by Crippen LogP contribution is -2.21. The summed E-state index contributed by atoms with van der Waals surface area (Å²) in [6.45, 7) is 17.9. The van der Waals surface area contributed by atoms with E-state index in [9.17, 15) is 0 Å². The second-order valence-electron chi connectivity index (χ2n) is 6.72. The standard InChI is InChI=1S/C19H37N2/c1-10-12-15(5)19(11-2)18(8)21(9)20-17(7)16(6)13-14(3)4/h14,18H,10-13H2,1-9H3/q+1. The van der Waals surface area contributed by atoms with Crippen LogP contribution in [0.2, 0.25) is 0 Å². The molecule has 2 heteroatoms. The normalized spacial score (nSPS) is 16.8. The molecule has 0 amide bonds. The van der Waals surface area contributed by atoms with Crippen molar-refractivity contribution in [1.29, 1.82) is 0 Å². The van der Waals surface area contributed by atoms with Crippen LogP contribution in [0.5, 0.6) is 0 Å². The third kappa shape index (κ3) is 7.06. The fraction of sp³-hybridized carbons (Fsp3) is 0.789. The zero-order valence-corrected chi connectivity index (χ0v) is 15.9. The Kier molecular flexibility index (Phi) is 9.48. The Bertz CT molecular complexity index is 411. The number of allylic oxidation sites excluding steroid dienone is 3. The van der Waals surface area contributed by atoms with Crippen LogP contribution in [-0.4, -0.2) is 17.8 Å². The first kappa shape index (κ1) is 20.1. The highest BCUT2D eigenvalue weighted by Gasteiger charge is 2.19. The van der Waals surface area contributed by atoms with Gasteiger partial charge in [0, 0.05) is 6.92 Å². The highest BCUT2D eigenvalue weighted by Crippen LogP contribution is 2.21. The van der Waals surface area contributed by atoms with Crippen molar-refractivity contribution in [3.63, 3.8) is 0 Å². The summed E-state index contributed by atoms with van der Waals surface area (Å²) in [5.74, 6) is 0.691. The van der Waals surface area contributed by atoms with E-state index in [0.29, 0.717) is 12.0 Å². The van der Waals surface area contributed by atoms with Gasteiger partial charge in [-0.05, 0) is 62.2 Å². The molecular weight excluding hydrogens is 256 g/mol. The van der Waals surface area contributed by atoms with E-state index in [0.717, 1.165) is 12.8 Å². The molecule has 1 unspecified atom stereocenters. The Balaban J connectivity index is 5.26. The molecule has 0 saturated carbocycles. The second kappa shape index (κ2) is 9.92. The summed E-state index contributed by atoms with van der Waals surface area (Å²) >= 11 is 0. The van der Waals surface area contributed by atoms with Crippen LogP contribution >= 0.6 is 0 Å². The number of azo groups is 2. The number of hydrogen-bond acceptors (Lipinski definition) is 1. The first-order valence-electron chi connectivity index (χ1n) is 8.53. The number of hydrogen-bond donors (Lipinski definition) is 0. The van der Waals surface area contributed by atoms with E-state index in [2.05, 4.69) is 67.1 Å². The van der Waals surface area contributed by atoms with E-state index in [1.165, 1.54) is 35.3 Å². The van der Waals surface area contributed by atoms with Gasteiger partial charge in [0.1, 0.15) is 5.70 Å². The van der Waals surface area contributed by atoms with Crippen LogP contribution in [0.4, 0.5) is 0 Å². The molecule has 0 radical (unpaired) electrons. The topological polar surface area (TPSA) is 15.4 Å². The molecule has 0 fully saturated rings. The molecule has 2 nitrogen and oxygen atoms in total. The molecule has 0 N–H and O–H groups in total. The van der Waals surface area contributed by atoms with E-state index in [1.807, 2.05) is 0 Å². The maximum atomic E-state index is 4.82. The molecule has 0 aliphatic carbocycles. The highest BCUT2D eigenvalue weighted by molar-refractivity contribution is 5.15. The van der Waals surface area contributed by atoms with Gasteiger partial charge < -0.3 is 0 Å². The van der Waals surface area contributed by atoms with Crippen LogP contribution < -0.4 is 0 Å². The monoisotopic (exact) mass is 293 g/mol. The van der Waals surface area contributed by atoms with Gasteiger partial charge in [0.05, 0.1) is 0 Å². The van der Waals surface area contributed by atoms with Crippen molar-refractivity contribution in [2.75, 3.05) is 7.05 Å². The van der Waals surface area contributed by atoms with Crippen molar-refractivity contribution in [2.24, 2.45) is 11.0 Å². The van der Waals surface area contributed by atoms with Crippen molar-refractivity contribution in [2.45, 2.75) is 87.1 Å². The molecule has 0 bridgehead atoms.